The standard InChI is InChI=1S/C13H24N2O5/c1-13(2,9-11(17)18)8-10(16)15-12(19)14-6-4-5-7-20-3/h4-9H2,1-3H3,(H,17,18)(H2,14,15,16,19). The number of carbonyl (C=O) groups excluding carboxylic acids is 2. The highest BCUT2D eigenvalue weighted by Crippen LogP contribution is 2.24. The van der Waals surface area contributed by atoms with Crippen molar-refractivity contribution in [3.63, 3.8) is 0 Å². The number of nitrogens with one attached hydrogen (secondary N) is 2. The van der Waals surface area contributed by atoms with Gasteiger partial charge in [0.1, 0.15) is 0 Å². The number of carboxylic acids is 1. The largest absolute Gasteiger partial charge is 0.481 e. The van der Waals surface area contributed by atoms with E-state index in [-0.39, 0.29) is 12.8 Å². The maximum absolute atomic E-state index is 11.6. The first-order valence-electron chi connectivity index (χ1n) is 6.55. The SMILES string of the molecule is COCCCCNC(=O)NC(=O)CC(C)(C)CC(=O)O. The van der Waals surface area contributed by atoms with Crippen molar-refractivity contribution in [1.82, 2.24) is 10.6 Å². The lowest BCUT2D eigenvalue weighted by atomic mass is 9.85. The Morgan fingerprint density at radius 3 is 2.35 bits per heavy atom. The summed E-state index contributed by atoms with van der Waals surface area (Å²) >= 11 is 0. The predicted molar refractivity (Wildman–Crippen MR) is 73.3 cm³/mol. The molecule has 0 heterocycles. The van der Waals surface area contributed by atoms with Crippen LogP contribution in [0.3, 0.4) is 0 Å². The third kappa shape index (κ3) is 10.3. The number of aliphatic carboxylic acids is 1. The van der Waals surface area contributed by atoms with Crippen molar-refractivity contribution in [2.24, 2.45) is 5.41 Å². The average molecular weight is 288 g/mol. The van der Waals surface area contributed by atoms with Crippen LogP contribution in [0.25, 0.3) is 0 Å². The molecule has 0 aliphatic heterocycles. The molecule has 0 spiro atoms. The summed E-state index contributed by atoms with van der Waals surface area (Å²) in [6.45, 7) is 4.43. The van der Waals surface area contributed by atoms with Crippen LogP contribution in [0.2, 0.25) is 0 Å². The first kappa shape index (κ1) is 18.4. The molecule has 20 heavy (non-hydrogen) atoms. The normalized spacial score (nSPS) is 10.9. The highest BCUT2D eigenvalue weighted by molar-refractivity contribution is 5.94. The van der Waals surface area contributed by atoms with Crippen LogP contribution in [0.5, 0.6) is 0 Å². The molecule has 0 aromatic rings. The van der Waals surface area contributed by atoms with Gasteiger partial charge in [-0.1, -0.05) is 13.8 Å². The monoisotopic (exact) mass is 288 g/mol. The van der Waals surface area contributed by atoms with Gasteiger partial charge in [-0.2, -0.15) is 0 Å². The van der Waals surface area contributed by atoms with Gasteiger partial charge in [0.05, 0.1) is 6.42 Å². The minimum absolute atomic E-state index is 0.0175. The second kappa shape index (κ2) is 9.30. The number of hydrogen-bond acceptors (Lipinski definition) is 4. The molecule has 0 bridgehead atoms. The van der Waals surface area contributed by atoms with Gasteiger partial charge >= 0.3 is 12.0 Å². The Morgan fingerprint density at radius 2 is 1.80 bits per heavy atom. The molecule has 3 amide bonds. The Bertz CT molecular complexity index is 342. The van der Waals surface area contributed by atoms with Gasteiger partial charge in [-0.25, -0.2) is 4.79 Å². The number of carboxylic acid groups (broad SMARTS) is 1. The minimum Gasteiger partial charge on any atom is -0.481 e. The predicted octanol–water partition coefficient (Wildman–Crippen LogP) is 1.13. The minimum atomic E-state index is -0.967. The molecule has 0 atom stereocenters. The first-order chi connectivity index (χ1) is 9.26. The van der Waals surface area contributed by atoms with Gasteiger partial charge in [-0.05, 0) is 18.3 Å². The molecular weight excluding hydrogens is 264 g/mol. The molecule has 116 valence electrons. The fourth-order valence-corrected chi connectivity index (χ4v) is 1.69. The van der Waals surface area contributed by atoms with E-state index in [1.807, 2.05) is 0 Å². The van der Waals surface area contributed by atoms with Gasteiger partial charge in [0, 0.05) is 26.7 Å². The molecular formula is C13H24N2O5. The van der Waals surface area contributed by atoms with E-state index in [9.17, 15) is 14.4 Å². The maximum atomic E-state index is 11.6. The number of carbonyl (C=O) groups is 3. The smallest absolute Gasteiger partial charge is 0.321 e. The summed E-state index contributed by atoms with van der Waals surface area (Å²) in [5.41, 5.74) is -0.686. The Morgan fingerprint density at radius 1 is 1.15 bits per heavy atom. The number of rotatable bonds is 9. The van der Waals surface area contributed by atoms with E-state index >= 15 is 0 Å². The lowest BCUT2D eigenvalue weighted by Gasteiger charge is -2.21. The third-order valence-electron chi connectivity index (χ3n) is 2.58. The van der Waals surface area contributed by atoms with Crippen LogP contribution >= 0.6 is 0 Å². The number of imide groups is 1. The van der Waals surface area contributed by atoms with Crippen molar-refractivity contribution < 1.29 is 24.2 Å². The molecule has 3 N–H and O–H groups in total. The molecule has 0 saturated carbocycles. The molecule has 0 rings (SSSR count). The zero-order valence-corrected chi connectivity index (χ0v) is 12.3. The molecule has 0 aromatic carbocycles. The van der Waals surface area contributed by atoms with E-state index in [0.29, 0.717) is 13.2 Å². The van der Waals surface area contributed by atoms with E-state index in [1.54, 1.807) is 21.0 Å². The van der Waals surface area contributed by atoms with Crippen molar-refractivity contribution in [1.29, 1.82) is 0 Å². The highest BCUT2D eigenvalue weighted by atomic mass is 16.5. The van der Waals surface area contributed by atoms with Gasteiger partial charge < -0.3 is 15.2 Å². The Kier molecular flexibility index (Phi) is 8.54. The van der Waals surface area contributed by atoms with E-state index in [2.05, 4.69) is 10.6 Å². The van der Waals surface area contributed by atoms with E-state index in [0.717, 1.165) is 12.8 Å². The third-order valence-corrected chi connectivity index (χ3v) is 2.58. The second-order valence-corrected chi connectivity index (χ2v) is 5.42. The van der Waals surface area contributed by atoms with Crippen LogP contribution in [0.4, 0.5) is 4.79 Å². The second-order valence-electron chi connectivity index (χ2n) is 5.42. The van der Waals surface area contributed by atoms with Crippen molar-refractivity contribution in [3.05, 3.63) is 0 Å². The summed E-state index contributed by atoms with van der Waals surface area (Å²) in [7, 11) is 1.61. The van der Waals surface area contributed by atoms with Gasteiger partial charge in [-0.3, -0.25) is 14.9 Å². The lowest BCUT2D eigenvalue weighted by molar-refractivity contribution is -0.139. The molecule has 0 aromatic heterocycles. The summed E-state index contributed by atoms with van der Waals surface area (Å²) in [4.78, 5) is 33.6. The molecule has 7 heteroatoms. The zero-order chi connectivity index (χ0) is 15.6. The average Bonchev–Trinajstić information content (AvgIpc) is 2.25. The summed E-state index contributed by atoms with van der Waals surface area (Å²) in [6, 6.07) is -0.557. The van der Waals surface area contributed by atoms with Crippen LogP contribution in [0.1, 0.15) is 39.5 Å². The number of urea groups is 1. The quantitative estimate of drug-likeness (QED) is 0.552. The lowest BCUT2D eigenvalue weighted by Crippen LogP contribution is -2.41. The molecule has 0 radical (unpaired) electrons. The Hall–Kier alpha value is -1.63. The van der Waals surface area contributed by atoms with Crippen molar-refractivity contribution >= 4 is 17.9 Å². The number of amides is 3. The van der Waals surface area contributed by atoms with Gasteiger partial charge in [-0.15, -0.1) is 0 Å². The maximum Gasteiger partial charge on any atom is 0.321 e. The number of hydrogen-bond donors (Lipinski definition) is 3. The van der Waals surface area contributed by atoms with Crippen LogP contribution in [0, 0.1) is 5.41 Å². The van der Waals surface area contributed by atoms with E-state index in [4.69, 9.17) is 9.84 Å². The van der Waals surface area contributed by atoms with Crippen LogP contribution in [-0.2, 0) is 14.3 Å². The summed E-state index contributed by atoms with van der Waals surface area (Å²) in [5, 5.41) is 13.5. The fourth-order valence-electron chi connectivity index (χ4n) is 1.69. The molecule has 0 unspecified atom stereocenters. The van der Waals surface area contributed by atoms with E-state index in [1.165, 1.54) is 0 Å². The zero-order valence-electron chi connectivity index (χ0n) is 12.3. The van der Waals surface area contributed by atoms with Crippen molar-refractivity contribution in [2.75, 3.05) is 20.3 Å². The van der Waals surface area contributed by atoms with Gasteiger partial charge in [0.25, 0.3) is 0 Å². The summed E-state index contributed by atoms with van der Waals surface area (Å²) in [5.74, 6) is -1.45. The van der Waals surface area contributed by atoms with Crippen molar-refractivity contribution in [3.8, 4) is 0 Å². The van der Waals surface area contributed by atoms with E-state index < -0.39 is 23.3 Å². The fraction of sp³-hybridized carbons (Fsp3) is 0.769. The molecule has 0 fully saturated rings. The van der Waals surface area contributed by atoms with Gasteiger partial charge in [0.2, 0.25) is 5.91 Å². The number of unbranched alkanes of at least 4 members (excludes halogenated alkanes) is 1. The number of methoxy groups -OCH3 is 1. The first-order valence-corrected chi connectivity index (χ1v) is 6.55. The Labute approximate surface area is 119 Å². The highest BCUT2D eigenvalue weighted by Gasteiger charge is 2.25. The van der Waals surface area contributed by atoms with Gasteiger partial charge in [0.15, 0.2) is 0 Å². The summed E-state index contributed by atoms with van der Waals surface area (Å²) < 4.78 is 4.87. The molecule has 7 nitrogen and oxygen atoms in total. The molecule has 0 aliphatic carbocycles. The van der Waals surface area contributed by atoms with Crippen LogP contribution in [0.15, 0.2) is 0 Å². The van der Waals surface area contributed by atoms with Crippen LogP contribution in [-0.4, -0.2) is 43.3 Å². The number of ether oxygens (including phenoxy) is 1. The molecule has 0 saturated heterocycles. The topological polar surface area (TPSA) is 105 Å². The Balaban J connectivity index is 3.90. The van der Waals surface area contributed by atoms with Crippen molar-refractivity contribution in [2.45, 2.75) is 39.5 Å². The summed E-state index contributed by atoms with van der Waals surface area (Å²) in [6.07, 6.45) is 1.45. The molecule has 0 aliphatic rings. The van der Waals surface area contributed by atoms with Crippen LogP contribution < -0.4 is 10.6 Å².